The number of aromatic nitrogens is 2. The largest absolute Gasteiger partial charge is 0.480 e. The predicted molar refractivity (Wildman–Crippen MR) is 73.6 cm³/mol. The molecular formula is C14H19N3O3. The molecule has 2 N–H and O–H groups in total. The van der Waals surface area contributed by atoms with Crippen molar-refractivity contribution in [1.29, 1.82) is 0 Å². The summed E-state index contributed by atoms with van der Waals surface area (Å²) in [7, 11) is 0. The summed E-state index contributed by atoms with van der Waals surface area (Å²) < 4.78 is 1.17. The van der Waals surface area contributed by atoms with E-state index in [0.29, 0.717) is 5.41 Å². The van der Waals surface area contributed by atoms with Gasteiger partial charge in [-0.15, -0.1) is 0 Å². The van der Waals surface area contributed by atoms with Crippen molar-refractivity contribution < 1.29 is 9.90 Å². The van der Waals surface area contributed by atoms with Gasteiger partial charge >= 0.3 is 5.97 Å². The molecule has 0 atom stereocenters. The maximum Gasteiger partial charge on any atom is 0.323 e. The fourth-order valence-electron chi connectivity index (χ4n) is 3.01. The highest BCUT2D eigenvalue weighted by Gasteiger charge is 2.50. The van der Waals surface area contributed by atoms with Gasteiger partial charge in [0.15, 0.2) is 5.82 Å². The SMILES string of the molecule is O=C(O)Cn1ccnc(NCC2(C3CCC3)CC2)c1=O. The fraction of sp³-hybridized carbons (Fsp3) is 0.643. The standard InChI is InChI=1S/C14H19N3O3/c18-11(19)8-17-7-6-15-12(13(17)20)16-9-14(4-5-14)10-2-1-3-10/h6-7,10H,1-5,8-9H2,(H,15,16)(H,18,19). The summed E-state index contributed by atoms with van der Waals surface area (Å²) in [6, 6.07) is 0. The molecule has 2 saturated carbocycles. The van der Waals surface area contributed by atoms with Gasteiger partial charge in [-0.05, 0) is 37.0 Å². The molecule has 0 radical (unpaired) electrons. The molecule has 108 valence electrons. The molecule has 1 aromatic heterocycles. The van der Waals surface area contributed by atoms with Gasteiger partial charge in [-0.2, -0.15) is 0 Å². The normalized spacial score (nSPS) is 20.2. The molecule has 0 bridgehead atoms. The van der Waals surface area contributed by atoms with Gasteiger partial charge in [-0.1, -0.05) is 6.42 Å². The number of carbonyl (C=O) groups is 1. The number of carboxylic acids is 1. The van der Waals surface area contributed by atoms with Crippen LogP contribution >= 0.6 is 0 Å². The van der Waals surface area contributed by atoms with Crippen molar-refractivity contribution in [2.75, 3.05) is 11.9 Å². The molecule has 0 amide bonds. The molecule has 0 unspecified atom stereocenters. The number of rotatable bonds is 6. The molecule has 1 aromatic rings. The Morgan fingerprint density at radius 2 is 2.25 bits per heavy atom. The van der Waals surface area contributed by atoms with Crippen molar-refractivity contribution in [3.63, 3.8) is 0 Å². The van der Waals surface area contributed by atoms with E-state index in [4.69, 9.17) is 5.11 Å². The zero-order chi connectivity index (χ0) is 14.2. The number of hydrogen-bond acceptors (Lipinski definition) is 4. The van der Waals surface area contributed by atoms with Crippen LogP contribution in [0.4, 0.5) is 5.82 Å². The molecule has 0 aromatic carbocycles. The Morgan fingerprint density at radius 3 is 2.80 bits per heavy atom. The first-order valence-electron chi connectivity index (χ1n) is 7.12. The van der Waals surface area contributed by atoms with E-state index in [-0.39, 0.29) is 17.9 Å². The van der Waals surface area contributed by atoms with E-state index in [1.807, 2.05) is 0 Å². The molecule has 3 rings (SSSR count). The minimum Gasteiger partial charge on any atom is -0.480 e. The van der Waals surface area contributed by atoms with Gasteiger partial charge in [0.2, 0.25) is 0 Å². The highest BCUT2D eigenvalue weighted by atomic mass is 16.4. The highest BCUT2D eigenvalue weighted by molar-refractivity contribution is 5.66. The Balaban J connectivity index is 1.68. The van der Waals surface area contributed by atoms with Crippen LogP contribution in [0.1, 0.15) is 32.1 Å². The van der Waals surface area contributed by atoms with Crippen LogP contribution < -0.4 is 10.9 Å². The van der Waals surface area contributed by atoms with Crippen molar-refractivity contribution in [2.45, 2.75) is 38.6 Å². The van der Waals surface area contributed by atoms with Gasteiger partial charge in [0, 0.05) is 18.9 Å². The lowest BCUT2D eigenvalue weighted by Gasteiger charge is -2.34. The monoisotopic (exact) mass is 277 g/mol. The van der Waals surface area contributed by atoms with E-state index in [0.717, 1.165) is 12.5 Å². The van der Waals surface area contributed by atoms with Crippen LogP contribution in [0.5, 0.6) is 0 Å². The third-order valence-electron chi connectivity index (χ3n) is 4.69. The Bertz CT molecular complexity index is 573. The lowest BCUT2D eigenvalue weighted by molar-refractivity contribution is -0.137. The first-order chi connectivity index (χ1) is 9.61. The van der Waals surface area contributed by atoms with Crippen LogP contribution in [0, 0.1) is 11.3 Å². The van der Waals surface area contributed by atoms with Crippen molar-refractivity contribution in [3.8, 4) is 0 Å². The quantitative estimate of drug-likeness (QED) is 0.819. The van der Waals surface area contributed by atoms with Crippen molar-refractivity contribution in [3.05, 3.63) is 22.7 Å². The average molecular weight is 277 g/mol. The molecule has 20 heavy (non-hydrogen) atoms. The fourth-order valence-corrected chi connectivity index (χ4v) is 3.01. The molecule has 6 heteroatoms. The number of carboxylic acid groups (broad SMARTS) is 1. The van der Waals surface area contributed by atoms with Crippen LogP contribution in [0.2, 0.25) is 0 Å². The van der Waals surface area contributed by atoms with Gasteiger partial charge in [0.25, 0.3) is 5.56 Å². The Morgan fingerprint density at radius 1 is 1.50 bits per heavy atom. The maximum absolute atomic E-state index is 12.1. The van der Waals surface area contributed by atoms with E-state index >= 15 is 0 Å². The summed E-state index contributed by atoms with van der Waals surface area (Å²) >= 11 is 0. The van der Waals surface area contributed by atoms with E-state index in [1.165, 1.54) is 49.1 Å². The Labute approximate surface area is 116 Å². The lowest BCUT2D eigenvalue weighted by Crippen LogP contribution is -2.33. The summed E-state index contributed by atoms with van der Waals surface area (Å²) in [5, 5.41) is 11.9. The van der Waals surface area contributed by atoms with Gasteiger partial charge in [0.1, 0.15) is 6.54 Å². The summed E-state index contributed by atoms with van der Waals surface area (Å²) in [5.74, 6) is 0.0247. The van der Waals surface area contributed by atoms with Gasteiger partial charge in [-0.3, -0.25) is 14.2 Å². The second-order valence-electron chi connectivity index (χ2n) is 5.95. The molecule has 0 aliphatic heterocycles. The van der Waals surface area contributed by atoms with E-state index < -0.39 is 5.97 Å². The van der Waals surface area contributed by atoms with Crippen LogP contribution in [-0.4, -0.2) is 27.2 Å². The Kier molecular flexibility index (Phi) is 3.23. The van der Waals surface area contributed by atoms with Crippen molar-refractivity contribution in [1.82, 2.24) is 9.55 Å². The molecule has 2 aliphatic carbocycles. The lowest BCUT2D eigenvalue weighted by atomic mass is 9.73. The summed E-state index contributed by atoms with van der Waals surface area (Å²) in [4.78, 5) is 26.8. The Hall–Kier alpha value is -1.85. The molecule has 2 fully saturated rings. The third kappa shape index (κ3) is 2.42. The predicted octanol–water partition coefficient (Wildman–Crippen LogP) is 1.32. The van der Waals surface area contributed by atoms with E-state index in [1.54, 1.807) is 0 Å². The van der Waals surface area contributed by atoms with Crippen LogP contribution in [0.15, 0.2) is 17.2 Å². The number of nitrogens with zero attached hydrogens (tertiary/aromatic N) is 2. The average Bonchev–Trinajstić information content (AvgIpc) is 3.08. The highest BCUT2D eigenvalue weighted by Crippen LogP contribution is 2.58. The van der Waals surface area contributed by atoms with Gasteiger partial charge in [0.05, 0.1) is 0 Å². The van der Waals surface area contributed by atoms with Gasteiger partial charge in [-0.25, -0.2) is 4.98 Å². The summed E-state index contributed by atoms with van der Waals surface area (Å²) in [5.41, 5.74) is -0.000799. The van der Waals surface area contributed by atoms with Crippen LogP contribution in [-0.2, 0) is 11.3 Å². The number of nitrogens with one attached hydrogen (secondary N) is 1. The van der Waals surface area contributed by atoms with Crippen LogP contribution in [0.3, 0.4) is 0 Å². The van der Waals surface area contributed by atoms with E-state index in [9.17, 15) is 9.59 Å². The third-order valence-corrected chi connectivity index (χ3v) is 4.69. The number of hydrogen-bond donors (Lipinski definition) is 2. The second kappa shape index (κ2) is 4.92. The molecular weight excluding hydrogens is 258 g/mol. The number of anilines is 1. The molecule has 1 heterocycles. The second-order valence-corrected chi connectivity index (χ2v) is 5.95. The molecule has 0 spiro atoms. The van der Waals surface area contributed by atoms with E-state index in [2.05, 4.69) is 10.3 Å². The summed E-state index contributed by atoms with van der Waals surface area (Å²) in [6.07, 6.45) is 9.24. The maximum atomic E-state index is 12.1. The molecule has 2 aliphatic rings. The smallest absolute Gasteiger partial charge is 0.323 e. The first-order valence-corrected chi connectivity index (χ1v) is 7.12. The van der Waals surface area contributed by atoms with Crippen molar-refractivity contribution >= 4 is 11.8 Å². The molecule has 0 saturated heterocycles. The minimum absolute atomic E-state index is 0.263. The zero-order valence-electron chi connectivity index (χ0n) is 11.3. The minimum atomic E-state index is -1.03. The van der Waals surface area contributed by atoms with Crippen molar-refractivity contribution in [2.24, 2.45) is 11.3 Å². The molecule has 6 nitrogen and oxygen atoms in total. The van der Waals surface area contributed by atoms with Crippen LogP contribution in [0.25, 0.3) is 0 Å². The topological polar surface area (TPSA) is 84.2 Å². The first kappa shape index (κ1) is 13.1. The van der Waals surface area contributed by atoms with Gasteiger partial charge < -0.3 is 10.4 Å². The zero-order valence-corrected chi connectivity index (χ0v) is 11.3. The number of aliphatic carboxylic acids is 1. The summed E-state index contributed by atoms with van der Waals surface area (Å²) in [6.45, 7) is 0.445.